The number of nitrogen functional groups attached to an aromatic ring is 2. The third-order valence-corrected chi connectivity index (χ3v) is 2.48. The summed E-state index contributed by atoms with van der Waals surface area (Å²) < 4.78 is 13.2. The van der Waals surface area contributed by atoms with Gasteiger partial charge in [0, 0.05) is 5.56 Å². The minimum Gasteiger partial charge on any atom is -0.383 e. The maximum Gasteiger partial charge on any atom is 0.222 e. The lowest BCUT2D eigenvalue weighted by Gasteiger charge is -2.10. The molecule has 17 heavy (non-hydrogen) atoms. The number of aromatic nitrogens is 2. The Balaban J connectivity index is 2.66. The normalized spacial score (nSPS) is 10.5. The van der Waals surface area contributed by atoms with Gasteiger partial charge in [-0.1, -0.05) is 19.1 Å². The summed E-state index contributed by atoms with van der Waals surface area (Å²) in [5, 5.41) is 0. The smallest absolute Gasteiger partial charge is 0.222 e. The third-order valence-electron chi connectivity index (χ3n) is 2.48. The van der Waals surface area contributed by atoms with E-state index >= 15 is 0 Å². The standard InChI is InChI=1S/C12H13FN4/c1-2-9-10(11(14)17-12(15)16-9)7-4-3-5-8(13)6-7/h3-6H,2H2,1H3,(H4,14,15,16,17). The number of halogens is 1. The summed E-state index contributed by atoms with van der Waals surface area (Å²) in [4.78, 5) is 8.03. The molecule has 1 heterocycles. The zero-order valence-electron chi connectivity index (χ0n) is 9.44. The van der Waals surface area contributed by atoms with E-state index in [4.69, 9.17) is 11.5 Å². The Hall–Kier alpha value is -2.17. The van der Waals surface area contributed by atoms with Gasteiger partial charge >= 0.3 is 0 Å². The molecule has 4 nitrogen and oxygen atoms in total. The van der Waals surface area contributed by atoms with Crippen LogP contribution in [0.4, 0.5) is 16.2 Å². The molecule has 1 aromatic carbocycles. The first-order valence-electron chi connectivity index (χ1n) is 5.29. The van der Waals surface area contributed by atoms with Crippen molar-refractivity contribution in [1.82, 2.24) is 9.97 Å². The van der Waals surface area contributed by atoms with Crippen LogP contribution in [0.3, 0.4) is 0 Å². The lowest BCUT2D eigenvalue weighted by atomic mass is 10.0. The highest BCUT2D eigenvalue weighted by Gasteiger charge is 2.12. The summed E-state index contributed by atoms with van der Waals surface area (Å²) in [6.07, 6.45) is 0.656. The largest absolute Gasteiger partial charge is 0.383 e. The van der Waals surface area contributed by atoms with Crippen LogP contribution in [0, 0.1) is 5.82 Å². The highest BCUT2D eigenvalue weighted by atomic mass is 19.1. The van der Waals surface area contributed by atoms with Gasteiger partial charge in [0.25, 0.3) is 0 Å². The Morgan fingerprint density at radius 1 is 1.24 bits per heavy atom. The lowest BCUT2D eigenvalue weighted by Crippen LogP contribution is -2.06. The molecule has 4 N–H and O–H groups in total. The van der Waals surface area contributed by atoms with Crippen LogP contribution < -0.4 is 11.5 Å². The Bertz CT molecular complexity index is 554. The van der Waals surface area contributed by atoms with Crippen LogP contribution in [-0.4, -0.2) is 9.97 Å². The van der Waals surface area contributed by atoms with Crippen molar-refractivity contribution in [2.45, 2.75) is 13.3 Å². The van der Waals surface area contributed by atoms with Gasteiger partial charge in [0.2, 0.25) is 5.95 Å². The fraction of sp³-hybridized carbons (Fsp3) is 0.167. The Morgan fingerprint density at radius 3 is 2.65 bits per heavy atom. The minimum absolute atomic E-state index is 0.138. The van der Waals surface area contributed by atoms with Gasteiger partial charge < -0.3 is 11.5 Å². The number of benzene rings is 1. The van der Waals surface area contributed by atoms with E-state index in [2.05, 4.69) is 9.97 Å². The van der Waals surface area contributed by atoms with Crippen molar-refractivity contribution in [3.05, 3.63) is 35.8 Å². The molecule has 2 aromatic rings. The summed E-state index contributed by atoms with van der Waals surface area (Å²) >= 11 is 0. The average molecular weight is 232 g/mol. The molecule has 0 fully saturated rings. The third kappa shape index (κ3) is 2.18. The van der Waals surface area contributed by atoms with E-state index in [0.29, 0.717) is 17.5 Å². The summed E-state index contributed by atoms with van der Waals surface area (Å²) in [6.45, 7) is 1.93. The maximum atomic E-state index is 13.2. The van der Waals surface area contributed by atoms with Crippen molar-refractivity contribution in [2.75, 3.05) is 11.5 Å². The van der Waals surface area contributed by atoms with E-state index in [1.807, 2.05) is 6.92 Å². The first-order valence-corrected chi connectivity index (χ1v) is 5.29. The average Bonchev–Trinajstić information content (AvgIpc) is 2.27. The molecular formula is C12H13FN4. The second kappa shape index (κ2) is 4.37. The van der Waals surface area contributed by atoms with Crippen molar-refractivity contribution in [1.29, 1.82) is 0 Å². The van der Waals surface area contributed by atoms with Crippen LogP contribution >= 0.6 is 0 Å². The van der Waals surface area contributed by atoms with E-state index in [0.717, 1.165) is 5.69 Å². The number of hydrogen-bond donors (Lipinski definition) is 2. The fourth-order valence-electron chi connectivity index (χ4n) is 1.76. The Morgan fingerprint density at radius 2 is 2.00 bits per heavy atom. The van der Waals surface area contributed by atoms with Gasteiger partial charge in [0.1, 0.15) is 11.6 Å². The first-order chi connectivity index (χ1) is 8.11. The molecule has 0 aliphatic carbocycles. The molecule has 0 unspecified atom stereocenters. The first kappa shape index (κ1) is 11.3. The molecule has 1 aromatic heterocycles. The molecule has 0 radical (unpaired) electrons. The van der Waals surface area contributed by atoms with Crippen LogP contribution in [0.2, 0.25) is 0 Å². The molecule has 2 rings (SSSR count). The number of rotatable bonds is 2. The van der Waals surface area contributed by atoms with Crippen molar-refractivity contribution in [3.8, 4) is 11.1 Å². The second-order valence-electron chi connectivity index (χ2n) is 3.65. The van der Waals surface area contributed by atoms with Crippen molar-refractivity contribution >= 4 is 11.8 Å². The van der Waals surface area contributed by atoms with E-state index in [-0.39, 0.29) is 17.6 Å². The van der Waals surface area contributed by atoms with Crippen LogP contribution in [0.25, 0.3) is 11.1 Å². The zero-order valence-corrected chi connectivity index (χ0v) is 9.44. The molecule has 0 bridgehead atoms. The highest BCUT2D eigenvalue weighted by molar-refractivity contribution is 5.76. The molecule has 0 saturated heterocycles. The zero-order chi connectivity index (χ0) is 12.4. The molecule has 0 aliphatic heterocycles. The SMILES string of the molecule is CCc1nc(N)nc(N)c1-c1cccc(F)c1. The van der Waals surface area contributed by atoms with Gasteiger partial charge in [0.05, 0.1) is 5.69 Å². The monoisotopic (exact) mass is 232 g/mol. The van der Waals surface area contributed by atoms with Crippen molar-refractivity contribution in [2.24, 2.45) is 0 Å². The van der Waals surface area contributed by atoms with E-state index in [9.17, 15) is 4.39 Å². The molecule has 88 valence electrons. The quantitative estimate of drug-likeness (QED) is 0.830. The highest BCUT2D eigenvalue weighted by Crippen LogP contribution is 2.28. The van der Waals surface area contributed by atoms with E-state index < -0.39 is 0 Å². The van der Waals surface area contributed by atoms with Gasteiger partial charge in [0.15, 0.2) is 0 Å². The van der Waals surface area contributed by atoms with E-state index in [1.165, 1.54) is 12.1 Å². The molecule has 0 saturated carbocycles. The van der Waals surface area contributed by atoms with Crippen LogP contribution in [0.5, 0.6) is 0 Å². The summed E-state index contributed by atoms with van der Waals surface area (Å²) in [5.41, 5.74) is 13.4. The van der Waals surface area contributed by atoms with Gasteiger partial charge in [-0.05, 0) is 24.1 Å². The van der Waals surface area contributed by atoms with Gasteiger partial charge in [-0.2, -0.15) is 4.98 Å². The Kier molecular flexibility index (Phi) is 2.91. The van der Waals surface area contributed by atoms with Crippen LogP contribution in [-0.2, 0) is 6.42 Å². The molecule has 0 atom stereocenters. The molecule has 0 amide bonds. The Labute approximate surface area is 98.5 Å². The second-order valence-corrected chi connectivity index (χ2v) is 3.65. The maximum absolute atomic E-state index is 13.2. The summed E-state index contributed by atoms with van der Waals surface area (Å²) in [7, 11) is 0. The van der Waals surface area contributed by atoms with Crippen LogP contribution in [0.15, 0.2) is 24.3 Å². The van der Waals surface area contributed by atoms with Crippen molar-refractivity contribution < 1.29 is 4.39 Å². The van der Waals surface area contributed by atoms with Gasteiger partial charge in [-0.25, -0.2) is 9.37 Å². The fourth-order valence-corrected chi connectivity index (χ4v) is 1.76. The molecule has 0 aliphatic rings. The van der Waals surface area contributed by atoms with Gasteiger partial charge in [-0.15, -0.1) is 0 Å². The number of hydrogen-bond acceptors (Lipinski definition) is 4. The molecule has 5 heteroatoms. The molecular weight excluding hydrogens is 219 g/mol. The number of anilines is 2. The predicted octanol–water partition coefficient (Wildman–Crippen LogP) is 2.01. The summed E-state index contributed by atoms with van der Waals surface area (Å²) in [5.74, 6) is 0.0974. The minimum atomic E-state index is -0.319. The number of nitrogens with zero attached hydrogens (tertiary/aromatic N) is 2. The topological polar surface area (TPSA) is 77.8 Å². The number of nitrogens with two attached hydrogens (primary N) is 2. The van der Waals surface area contributed by atoms with Crippen molar-refractivity contribution in [3.63, 3.8) is 0 Å². The summed E-state index contributed by atoms with van der Waals surface area (Å²) in [6, 6.07) is 6.18. The van der Waals surface area contributed by atoms with Crippen LogP contribution in [0.1, 0.15) is 12.6 Å². The predicted molar refractivity (Wildman–Crippen MR) is 65.6 cm³/mol. The number of aryl methyl sites for hydroxylation is 1. The lowest BCUT2D eigenvalue weighted by molar-refractivity contribution is 0.628. The van der Waals surface area contributed by atoms with Gasteiger partial charge in [-0.3, -0.25) is 0 Å². The molecule has 0 spiro atoms. The van der Waals surface area contributed by atoms with E-state index in [1.54, 1.807) is 12.1 Å².